The Balaban J connectivity index is 1.56. The molecule has 3 aromatic carbocycles. The molecule has 0 saturated carbocycles. The molecule has 0 aliphatic rings. The van der Waals surface area contributed by atoms with Crippen molar-refractivity contribution < 1.29 is 23.8 Å². The summed E-state index contributed by atoms with van der Waals surface area (Å²) in [4.78, 5) is 25.3. The molecule has 0 aromatic heterocycles. The standard InChI is InChI=1S/C25H25NO5/c1-29-21-12-14-22(15-13-21)30-16-17-31-25(28)23(18-19-8-4-2-5-9-19)26-24(27)20-10-6-3-7-11-20/h2-15,23H,16-18H2,1H3,(H,26,27). The molecule has 3 rings (SSSR count). The zero-order valence-corrected chi connectivity index (χ0v) is 17.3. The van der Waals surface area contributed by atoms with Gasteiger partial charge in [-0.15, -0.1) is 0 Å². The Hall–Kier alpha value is -3.80. The third-order valence-corrected chi connectivity index (χ3v) is 4.56. The maximum atomic E-state index is 12.7. The molecule has 0 aliphatic heterocycles. The van der Waals surface area contributed by atoms with Crippen LogP contribution < -0.4 is 14.8 Å². The Bertz CT molecular complexity index is 958. The van der Waals surface area contributed by atoms with Crippen molar-refractivity contribution in [2.24, 2.45) is 0 Å². The molecular weight excluding hydrogens is 394 g/mol. The fourth-order valence-corrected chi connectivity index (χ4v) is 2.95. The van der Waals surface area contributed by atoms with Crippen LogP contribution in [-0.2, 0) is 16.0 Å². The van der Waals surface area contributed by atoms with Crippen LogP contribution >= 0.6 is 0 Å². The first-order valence-electron chi connectivity index (χ1n) is 9.99. The minimum Gasteiger partial charge on any atom is -0.497 e. The van der Waals surface area contributed by atoms with Gasteiger partial charge in [0.2, 0.25) is 0 Å². The van der Waals surface area contributed by atoms with Crippen molar-refractivity contribution in [2.75, 3.05) is 20.3 Å². The highest BCUT2D eigenvalue weighted by molar-refractivity contribution is 5.96. The Labute approximate surface area is 181 Å². The number of amides is 1. The van der Waals surface area contributed by atoms with Crippen LogP contribution in [0.2, 0.25) is 0 Å². The zero-order chi connectivity index (χ0) is 21.9. The third kappa shape index (κ3) is 6.89. The van der Waals surface area contributed by atoms with Crippen LogP contribution in [0.1, 0.15) is 15.9 Å². The van der Waals surface area contributed by atoms with Crippen molar-refractivity contribution in [3.63, 3.8) is 0 Å². The molecule has 0 bridgehead atoms. The van der Waals surface area contributed by atoms with Gasteiger partial charge < -0.3 is 19.5 Å². The lowest BCUT2D eigenvalue weighted by molar-refractivity contribution is -0.146. The number of hydrogen-bond donors (Lipinski definition) is 1. The van der Waals surface area contributed by atoms with Gasteiger partial charge in [-0.1, -0.05) is 48.5 Å². The second-order valence-electron chi connectivity index (χ2n) is 6.77. The number of methoxy groups -OCH3 is 1. The highest BCUT2D eigenvalue weighted by Crippen LogP contribution is 2.16. The second-order valence-corrected chi connectivity index (χ2v) is 6.77. The van der Waals surface area contributed by atoms with E-state index in [9.17, 15) is 9.59 Å². The maximum absolute atomic E-state index is 12.7. The summed E-state index contributed by atoms with van der Waals surface area (Å²) in [5.41, 5.74) is 1.41. The number of benzene rings is 3. The number of hydrogen-bond acceptors (Lipinski definition) is 5. The van der Waals surface area contributed by atoms with Crippen LogP contribution in [0, 0.1) is 0 Å². The van der Waals surface area contributed by atoms with Gasteiger partial charge >= 0.3 is 5.97 Å². The summed E-state index contributed by atoms with van der Waals surface area (Å²) in [6.45, 7) is 0.264. The number of carbonyl (C=O) groups is 2. The number of esters is 1. The third-order valence-electron chi connectivity index (χ3n) is 4.56. The van der Waals surface area contributed by atoms with Crippen LogP contribution in [0.25, 0.3) is 0 Å². The van der Waals surface area contributed by atoms with Gasteiger partial charge in [0, 0.05) is 12.0 Å². The lowest BCUT2D eigenvalue weighted by Crippen LogP contribution is -2.43. The van der Waals surface area contributed by atoms with Gasteiger partial charge in [0.05, 0.1) is 7.11 Å². The first-order chi connectivity index (χ1) is 15.2. The predicted octanol–water partition coefficient (Wildman–Crippen LogP) is 3.66. The molecule has 31 heavy (non-hydrogen) atoms. The predicted molar refractivity (Wildman–Crippen MR) is 117 cm³/mol. The molecule has 0 spiro atoms. The maximum Gasteiger partial charge on any atom is 0.329 e. The fraction of sp³-hybridized carbons (Fsp3) is 0.200. The number of nitrogens with one attached hydrogen (secondary N) is 1. The number of carbonyl (C=O) groups excluding carboxylic acids is 2. The normalized spacial score (nSPS) is 11.3. The van der Waals surface area contributed by atoms with Crippen molar-refractivity contribution in [1.82, 2.24) is 5.32 Å². The second kappa shape index (κ2) is 11.4. The molecular formula is C25H25NO5. The SMILES string of the molecule is COc1ccc(OCCOC(=O)C(Cc2ccccc2)NC(=O)c2ccccc2)cc1. The van der Waals surface area contributed by atoms with Gasteiger partial charge in [-0.25, -0.2) is 4.79 Å². The molecule has 1 atom stereocenters. The molecule has 1 amide bonds. The summed E-state index contributed by atoms with van der Waals surface area (Å²) < 4.78 is 16.1. The smallest absolute Gasteiger partial charge is 0.329 e. The topological polar surface area (TPSA) is 73.9 Å². The molecule has 6 heteroatoms. The monoisotopic (exact) mass is 419 g/mol. The summed E-state index contributed by atoms with van der Waals surface area (Å²) >= 11 is 0. The molecule has 1 N–H and O–H groups in total. The quantitative estimate of drug-likeness (QED) is 0.401. The van der Waals surface area contributed by atoms with E-state index < -0.39 is 12.0 Å². The first-order valence-corrected chi connectivity index (χ1v) is 9.99. The lowest BCUT2D eigenvalue weighted by atomic mass is 10.1. The number of ether oxygens (including phenoxy) is 3. The van der Waals surface area contributed by atoms with E-state index in [0.717, 1.165) is 11.3 Å². The van der Waals surface area contributed by atoms with Crippen molar-refractivity contribution in [1.29, 1.82) is 0 Å². The van der Waals surface area contributed by atoms with Gasteiger partial charge in [-0.05, 0) is 42.0 Å². The first kappa shape index (κ1) is 21.9. The van der Waals surface area contributed by atoms with Gasteiger partial charge in [-0.3, -0.25) is 4.79 Å². The molecule has 0 aliphatic carbocycles. The van der Waals surface area contributed by atoms with Crippen molar-refractivity contribution in [3.8, 4) is 11.5 Å². The van der Waals surface area contributed by atoms with E-state index in [-0.39, 0.29) is 19.1 Å². The number of rotatable bonds is 10. The summed E-state index contributed by atoms with van der Waals surface area (Å²) in [7, 11) is 1.59. The summed E-state index contributed by atoms with van der Waals surface area (Å²) in [6, 6.07) is 24.6. The zero-order valence-electron chi connectivity index (χ0n) is 17.3. The Kier molecular flexibility index (Phi) is 8.05. The molecule has 0 radical (unpaired) electrons. The fourth-order valence-electron chi connectivity index (χ4n) is 2.95. The Morgan fingerprint density at radius 1 is 0.806 bits per heavy atom. The van der Waals surface area contributed by atoms with Gasteiger partial charge in [-0.2, -0.15) is 0 Å². The molecule has 1 unspecified atom stereocenters. The van der Waals surface area contributed by atoms with E-state index in [1.54, 1.807) is 55.6 Å². The Morgan fingerprint density at radius 3 is 2.06 bits per heavy atom. The van der Waals surface area contributed by atoms with E-state index >= 15 is 0 Å². The van der Waals surface area contributed by atoms with Crippen molar-refractivity contribution >= 4 is 11.9 Å². The van der Waals surface area contributed by atoms with Crippen LogP contribution in [0.4, 0.5) is 0 Å². The highest BCUT2D eigenvalue weighted by Gasteiger charge is 2.23. The van der Waals surface area contributed by atoms with E-state index in [0.29, 0.717) is 17.7 Å². The van der Waals surface area contributed by atoms with E-state index in [1.165, 1.54) is 0 Å². The van der Waals surface area contributed by atoms with Gasteiger partial charge in [0.25, 0.3) is 5.91 Å². The van der Waals surface area contributed by atoms with Crippen LogP contribution in [0.3, 0.4) is 0 Å². The average molecular weight is 419 g/mol. The summed E-state index contributed by atoms with van der Waals surface area (Å²) in [6.07, 6.45) is 0.331. The molecule has 0 fully saturated rings. The molecule has 0 heterocycles. The van der Waals surface area contributed by atoms with Crippen LogP contribution in [0.15, 0.2) is 84.9 Å². The van der Waals surface area contributed by atoms with Crippen molar-refractivity contribution in [3.05, 3.63) is 96.1 Å². The molecule has 3 aromatic rings. The van der Waals surface area contributed by atoms with E-state index in [1.807, 2.05) is 36.4 Å². The minimum atomic E-state index is -0.809. The highest BCUT2D eigenvalue weighted by atomic mass is 16.6. The molecule has 0 saturated heterocycles. The summed E-state index contributed by atoms with van der Waals surface area (Å²) in [5.74, 6) is 0.547. The molecule has 6 nitrogen and oxygen atoms in total. The van der Waals surface area contributed by atoms with E-state index in [2.05, 4.69) is 5.32 Å². The minimum absolute atomic E-state index is 0.0668. The molecule has 160 valence electrons. The van der Waals surface area contributed by atoms with Crippen LogP contribution in [0.5, 0.6) is 11.5 Å². The average Bonchev–Trinajstić information content (AvgIpc) is 2.83. The van der Waals surface area contributed by atoms with Gasteiger partial charge in [0.15, 0.2) is 0 Å². The van der Waals surface area contributed by atoms with Gasteiger partial charge in [0.1, 0.15) is 30.8 Å². The van der Waals surface area contributed by atoms with Crippen LogP contribution in [-0.4, -0.2) is 38.2 Å². The van der Waals surface area contributed by atoms with Crippen molar-refractivity contribution in [2.45, 2.75) is 12.5 Å². The Morgan fingerprint density at radius 2 is 1.42 bits per heavy atom. The lowest BCUT2D eigenvalue weighted by Gasteiger charge is -2.18. The van der Waals surface area contributed by atoms with E-state index in [4.69, 9.17) is 14.2 Å². The largest absolute Gasteiger partial charge is 0.497 e. The summed E-state index contributed by atoms with van der Waals surface area (Å²) in [5, 5.41) is 2.78.